The molecular formula is C15H17N3O5S. The highest BCUT2D eigenvalue weighted by molar-refractivity contribution is 7.89. The number of hydrogen-bond donors (Lipinski definition) is 0. The van der Waals surface area contributed by atoms with Gasteiger partial charge in [-0.2, -0.15) is 4.31 Å². The SMILES string of the molecule is Cc1nnc(C2CN(S(=O)(=O)c3ccc4c(c3)CCO4)CCO2)o1. The van der Waals surface area contributed by atoms with Crippen LogP contribution in [-0.2, 0) is 21.2 Å². The van der Waals surface area contributed by atoms with Gasteiger partial charge in [0.25, 0.3) is 0 Å². The maximum atomic E-state index is 12.9. The Morgan fingerprint density at radius 3 is 2.92 bits per heavy atom. The van der Waals surface area contributed by atoms with Crippen molar-refractivity contribution in [3.63, 3.8) is 0 Å². The van der Waals surface area contributed by atoms with Crippen LogP contribution >= 0.6 is 0 Å². The van der Waals surface area contributed by atoms with Crippen molar-refractivity contribution in [3.05, 3.63) is 35.5 Å². The van der Waals surface area contributed by atoms with E-state index in [1.54, 1.807) is 25.1 Å². The highest BCUT2D eigenvalue weighted by Crippen LogP contribution is 2.30. The third-order valence-electron chi connectivity index (χ3n) is 4.14. The summed E-state index contributed by atoms with van der Waals surface area (Å²) in [4.78, 5) is 0.272. The fourth-order valence-electron chi connectivity index (χ4n) is 2.91. The lowest BCUT2D eigenvalue weighted by Crippen LogP contribution is -2.42. The van der Waals surface area contributed by atoms with Gasteiger partial charge in [-0.3, -0.25) is 0 Å². The van der Waals surface area contributed by atoms with Gasteiger partial charge >= 0.3 is 0 Å². The first kappa shape index (κ1) is 15.6. The largest absolute Gasteiger partial charge is 0.493 e. The van der Waals surface area contributed by atoms with Gasteiger partial charge in [-0.25, -0.2) is 8.42 Å². The van der Waals surface area contributed by atoms with Crippen LogP contribution in [0.15, 0.2) is 27.5 Å². The second-order valence-electron chi connectivity index (χ2n) is 5.75. The lowest BCUT2D eigenvalue weighted by molar-refractivity contribution is -0.0176. The van der Waals surface area contributed by atoms with E-state index in [9.17, 15) is 8.42 Å². The molecule has 3 heterocycles. The second kappa shape index (κ2) is 5.83. The van der Waals surface area contributed by atoms with Crippen LogP contribution in [0, 0.1) is 6.92 Å². The van der Waals surface area contributed by atoms with Crippen molar-refractivity contribution in [3.8, 4) is 5.75 Å². The molecule has 0 N–H and O–H groups in total. The first-order valence-electron chi connectivity index (χ1n) is 7.71. The molecule has 8 nitrogen and oxygen atoms in total. The van der Waals surface area contributed by atoms with Crippen molar-refractivity contribution in [2.45, 2.75) is 24.3 Å². The number of aryl methyl sites for hydroxylation is 1. The summed E-state index contributed by atoms with van der Waals surface area (Å²) < 4.78 is 43.7. The van der Waals surface area contributed by atoms with Crippen molar-refractivity contribution in [2.75, 3.05) is 26.3 Å². The summed E-state index contributed by atoms with van der Waals surface area (Å²) in [5.74, 6) is 1.48. The molecule has 0 bridgehead atoms. The molecule has 0 radical (unpaired) electrons. The molecule has 24 heavy (non-hydrogen) atoms. The van der Waals surface area contributed by atoms with Crippen LogP contribution in [0.1, 0.15) is 23.4 Å². The van der Waals surface area contributed by atoms with Gasteiger partial charge in [0.1, 0.15) is 11.9 Å². The fourth-order valence-corrected chi connectivity index (χ4v) is 4.38. The van der Waals surface area contributed by atoms with Gasteiger partial charge in [0.05, 0.1) is 18.1 Å². The normalized spacial score (nSPS) is 21.5. The number of fused-ring (bicyclic) bond motifs is 1. The van der Waals surface area contributed by atoms with E-state index in [0.29, 0.717) is 24.9 Å². The highest BCUT2D eigenvalue weighted by Gasteiger charge is 2.34. The maximum absolute atomic E-state index is 12.9. The average Bonchev–Trinajstić information content (AvgIpc) is 3.23. The van der Waals surface area contributed by atoms with Crippen LogP contribution in [0.25, 0.3) is 0 Å². The van der Waals surface area contributed by atoms with E-state index < -0.39 is 16.1 Å². The summed E-state index contributed by atoms with van der Waals surface area (Å²) in [5, 5.41) is 7.69. The van der Waals surface area contributed by atoms with E-state index in [1.165, 1.54) is 4.31 Å². The number of benzene rings is 1. The minimum Gasteiger partial charge on any atom is -0.493 e. The summed E-state index contributed by atoms with van der Waals surface area (Å²) in [5.41, 5.74) is 0.924. The van der Waals surface area contributed by atoms with E-state index in [4.69, 9.17) is 13.9 Å². The fraction of sp³-hybridized carbons (Fsp3) is 0.467. The molecule has 0 aliphatic carbocycles. The Morgan fingerprint density at radius 2 is 2.12 bits per heavy atom. The second-order valence-corrected chi connectivity index (χ2v) is 7.69. The van der Waals surface area contributed by atoms with E-state index in [1.807, 2.05) is 0 Å². The summed E-state index contributed by atoms with van der Waals surface area (Å²) in [6.07, 6.45) is 0.179. The lowest BCUT2D eigenvalue weighted by Gasteiger charge is -2.30. The van der Waals surface area contributed by atoms with Gasteiger partial charge in [0, 0.05) is 26.4 Å². The maximum Gasteiger partial charge on any atom is 0.246 e. The Labute approximate surface area is 139 Å². The zero-order valence-electron chi connectivity index (χ0n) is 13.1. The number of rotatable bonds is 3. The standard InChI is InChI=1S/C15H17N3O5S/c1-10-16-17-15(23-10)14-9-18(5-7-22-14)24(19,20)12-2-3-13-11(8-12)4-6-21-13/h2-3,8,14H,4-7,9H2,1H3. The Bertz CT molecular complexity index is 864. The smallest absolute Gasteiger partial charge is 0.246 e. The number of aromatic nitrogens is 2. The van der Waals surface area contributed by atoms with Crippen molar-refractivity contribution in [1.29, 1.82) is 0 Å². The van der Waals surface area contributed by atoms with Crippen molar-refractivity contribution in [2.24, 2.45) is 0 Å². The zero-order valence-corrected chi connectivity index (χ0v) is 14.0. The van der Waals surface area contributed by atoms with E-state index in [0.717, 1.165) is 17.7 Å². The van der Waals surface area contributed by atoms with E-state index >= 15 is 0 Å². The minimum atomic E-state index is -3.61. The molecule has 0 saturated carbocycles. The van der Waals surface area contributed by atoms with Crippen molar-refractivity contribution in [1.82, 2.24) is 14.5 Å². The number of hydrogen-bond acceptors (Lipinski definition) is 7. The number of ether oxygens (including phenoxy) is 2. The van der Waals surface area contributed by atoms with Crippen LogP contribution < -0.4 is 4.74 Å². The average molecular weight is 351 g/mol. The number of nitrogens with zero attached hydrogens (tertiary/aromatic N) is 3. The van der Waals surface area contributed by atoms with Crippen molar-refractivity contribution < 1.29 is 22.3 Å². The summed E-state index contributed by atoms with van der Waals surface area (Å²) in [6, 6.07) is 4.99. The van der Waals surface area contributed by atoms with Gasteiger partial charge in [-0.1, -0.05) is 0 Å². The molecule has 2 aromatic rings. The molecule has 1 atom stereocenters. The molecule has 1 aromatic heterocycles. The molecular weight excluding hydrogens is 334 g/mol. The van der Waals surface area contributed by atoms with Crippen LogP contribution in [0.3, 0.4) is 0 Å². The predicted octanol–water partition coefficient (Wildman–Crippen LogP) is 1.08. The summed E-state index contributed by atoms with van der Waals surface area (Å²) >= 11 is 0. The molecule has 2 aliphatic rings. The Hall–Kier alpha value is -1.97. The molecule has 0 amide bonds. The highest BCUT2D eigenvalue weighted by atomic mass is 32.2. The summed E-state index contributed by atoms with van der Waals surface area (Å²) in [7, 11) is -3.61. The predicted molar refractivity (Wildman–Crippen MR) is 82.1 cm³/mol. The molecule has 1 aromatic carbocycles. The Kier molecular flexibility index (Phi) is 3.78. The van der Waals surface area contributed by atoms with Gasteiger partial charge in [-0.05, 0) is 23.8 Å². The van der Waals surface area contributed by atoms with Crippen LogP contribution in [-0.4, -0.2) is 49.2 Å². The van der Waals surface area contributed by atoms with Gasteiger partial charge in [-0.15, -0.1) is 10.2 Å². The molecule has 1 saturated heterocycles. The molecule has 0 spiro atoms. The zero-order chi connectivity index (χ0) is 16.7. The molecule has 2 aliphatic heterocycles. The van der Waals surface area contributed by atoms with E-state index in [2.05, 4.69) is 10.2 Å². The van der Waals surface area contributed by atoms with E-state index in [-0.39, 0.29) is 18.0 Å². The first-order chi connectivity index (χ1) is 11.5. The Morgan fingerprint density at radius 1 is 1.25 bits per heavy atom. The monoisotopic (exact) mass is 351 g/mol. The van der Waals surface area contributed by atoms with Crippen molar-refractivity contribution >= 4 is 10.0 Å². The quantitative estimate of drug-likeness (QED) is 0.816. The molecule has 1 unspecified atom stereocenters. The van der Waals surface area contributed by atoms with Gasteiger partial charge in [0.2, 0.25) is 21.8 Å². The van der Waals surface area contributed by atoms with Crippen LogP contribution in [0.2, 0.25) is 0 Å². The minimum absolute atomic E-state index is 0.150. The molecule has 9 heteroatoms. The topological polar surface area (TPSA) is 94.8 Å². The van der Waals surface area contributed by atoms with Gasteiger partial charge < -0.3 is 13.9 Å². The van der Waals surface area contributed by atoms with Crippen LogP contribution in [0.4, 0.5) is 0 Å². The lowest BCUT2D eigenvalue weighted by atomic mass is 10.2. The Balaban J connectivity index is 1.59. The first-order valence-corrected chi connectivity index (χ1v) is 9.15. The molecule has 1 fully saturated rings. The number of sulfonamides is 1. The number of morpholine rings is 1. The van der Waals surface area contributed by atoms with Crippen LogP contribution in [0.5, 0.6) is 5.75 Å². The summed E-state index contributed by atoms with van der Waals surface area (Å²) in [6.45, 7) is 2.99. The van der Waals surface area contributed by atoms with Gasteiger partial charge in [0.15, 0.2) is 0 Å². The third kappa shape index (κ3) is 2.68. The molecule has 128 valence electrons. The third-order valence-corrected chi connectivity index (χ3v) is 6.01. The molecule has 4 rings (SSSR count).